The van der Waals surface area contributed by atoms with E-state index >= 15 is 0 Å². The Morgan fingerprint density at radius 3 is 2.32 bits per heavy atom. The van der Waals surface area contributed by atoms with Crippen LogP contribution in [0.5, 0.6) is 0 Å². The molecule has 0 spiro atoms. The van der Waals surface area contributed by atoms with Crippen molar-refractivity contribution in [3.63, 3.8) is 0 Å². The first-order chi connectivity index (χ1) is 16.2. The van der Waals surface area contributed by atoms with Gasteiger partial charge in [0.25, 0.3) is 15.9 Å². The predicted octanol–water partition coefficient (Wildman–Crippen LogP) is 4.86. The second-order valence-electron chi connectivity index (χ2n) is 8.28. The van der Waals surface area contributed by atoms with Crippen LogP contribution in [-0.2, 0) is 10.0 Å². The minimum atomic E-state index is -4.01. The lowest BCUT2D eigenvalue weighted by atomic mass is 10.1. The number of carbonyl (C=O) groups excluding carboxylic acids is 1. The number of piperazine rings is 1. The van der Waals surface area contributed by atoms with Crippen LogP contribution in [0.2, 0.25) is 5.02 Å². The van der Waals surface area contributed by atoms with Gasteiger partial charge in [-0.05, 0) is 67.4 Å². The molecule has 4 rings (SSSR count). The number of anilines is 2. The minimum absolute atomic E-state index is 0.0252. The Balaban J connectivity index is 1.51. The van der Waals surface area contributed by atoms with Gasteiger partial charge in [-0.1, -0.05) is 29.8 Å². The van der Waals surface area contributed by atoms with E-state index in [2.05, 4.69) is 4.72 Å². The first kappa shape index (κ1) is 24.0. The number of para-hydroxylation sites is 1. The first-order valence-corrected chi connectivity index (χ1v) is 12.7. The van der Waals surface area contributed by atoms with E-state index in [0.717, 1.165) is 11.1 Å². The number of benzene rings is 3. The number of sulfonamides is 1. The van der Waals surface area contributed by atoms with Crippen LogP contribution in [0.15, 0.2) is 65.6 Å². The molecule has 1 N–H and O–H groups in total. The third kappa shape index (κ3) is 5.03. The molecule has 1 aliphatic heterocycles. The topological polar surface area (TPSA) is 69.7 Å². The van der Waals surface area contributed by atoms with Crippen LogP contribution in [0.25, 0.3) is 0 Å². The highest BCUT2D eigenvalue weighted by Crippen LogP contribution is 2.27. The molecule has 0 unspecified atom stereocenters. The maximum absolute atomic E-state index is 14.1. The molecule has 34 heavy (non-hydrogen) atoms. The van der Waals surface area contributed by atoms with Crippen LogP contribution < -0.4 is 9.62 Å². The largest absolute Gasteiger partial charge is 0.366 e. The van der Waals surface area contributed by atoms with E-state index in [-0.39, 0.29) is 27.2 Å². The summed E-state index contributed by atoms with van der Waals surface area (Å²) in [5, 5.41) is 0.0252. The van der Waals surface area contributed by atoms with Gasteiger partial charge in [0.1, 0.15) is 10.7 Å². The summed E-state index contributed by atoms with van der Waals surface area (Å²) >= 11 is 6.21. The molecule has 1 amide bonds. The number of amides is 1. The quantitative estimate of drug-likeness (QED) is 0.542. The third-order valence-corrected chi connectivity index (χ3v) is 7.85. The predicted molar refractivity (Wildman–Crippen MR) is 133 cm³/mol. The highest BCUT2D eigenvalue weighted by atomic mass is 35.5. The normalized spacial score (nSPS) is 14.2. The van der Waals surface area contributed by atoms with Crippen LogP contribution in [0.4, 0.5) is 15.8 Å². The van der Waals surface area contributed by atoms with Crippen molar-refractivity contribution in [1.29, 1.82) is 0 Å². The molecule has 0 aromatic heterocycles. The number of nitrogens with zero attached hydrogens (tertiary/aromatic N) is 2. The third-order valence-electron chi connectivity index (χ3n) is 5.99. The molecule has 0 aliphatic carbocycles. The summed E-state index contributed by atoms with van der Waals surface area (Å²) in [5.41, 5.74) is 3.14. The Labute approximate surface area is 204 Å². The molecule has 6 nitrogen and oxygen atoms in total. The molecule has 0 radical (unpaired) electrons. The van der Waals surface area contributed by atoms with Gasteiger partial charge in [-0.2, -0.15) is 0 Å². The number of hydrogen-bond acceptors (Lipinski definition) is 4. The van der Waals surface area contributed by atoms with Crippen molar-refractivity contribution in [3.05, 3.63) is 88.2 Å². The summed E-state index contributed by atoms with van der Waals surface area (Å²) in [6.45, 7) is 5.55. The molecule has 3 aromatic carbocycles. The van der Waals surface area contributed by atoms with Crippen LogP contribution in [-0.4, -0.2) is 45.4 Å². The molecule has 9 heteroatoms. The Morgan fingerprint density at radius 1 is 0.941 bits per heavy atom. The van der Waals surface area contributed by atoms with Crippen LogP contribution >= 0.6 is 11.6 Å². The second kappa shape index (κ2) is 9.64. The SMILES string of the molecule is Cc1ccc(NS(=O)(=O)c2cc(C(=O)N3CCN(c4ccccc4F)CC3)ccc2Cl)cc1C. The number of halogens is 2. The van der Waals surface area contributed by atoms with Gasteiger partial charge in [0.2, 0.25) is 0 Å². The van der Waals surface area contributed by atoms with Gasteiger partial charge in [0, 0.05) is 37.4 Å². The van der Waals surface area contributed by atoms with Crippen molar-refractivity contribution in [2.75, 3.05) is 35.8 Å². The van der Waals surface area contributed by atoms with Gasteiger partial charge in [-0.25, -0.2) is 12.8 Å². The number of hydrogen-bond donors (Lipinski definition) is 1. The summed E-state index contributed by atoms with van der Waals surface area (Å²) in [6.07, 6.45) is 0. The lowest BCUT2D eigenvalue weighted by molar-refractivity contribution is 0.0746. The Bertz CT molecular complexity index is 1340. The molecule has 178 valence electrons. The van der Waals surface area contributed by atoms with Crippen LogP contribution in [0.1, 0.15) is 21.5 Å². The van der Waals surface area contributed by atoms with Crippen molar-refractivity contribution < 1.29 is 17.6 Å². The highest BCUT2D eigenvalue weighted by molar-refractivity contribution is 7.92. The zero-order valence-corrected chi connectivity index (χ0v) is 20.5. The number of carbonyl (C=O) groups is 1. The van der Waals surface area contributed by atoms with E-state index in [1.807, 2.05) is 24.8 Å². The average Bonchev–Trinajstić information content (AvgIpc) is 2.81. The van der Waals surface area contributed by atoms with E-state index in [4.69, 9.17) is 11.6 Å². The monoisotopic (exact) mass is 501 g/mol. The van der Waals surface area contributed by atoms with Gasteiger partial charge in [0.05, 0.1) is 10.7 Å². The maximum Gasteiger partial charge on any atom is 0.263 e. The summed E-state index contributed by atoms with van der Waals surface area (Å²) < 4.78 is 42.7. The molecule has 0 bridgehead atoms. The summed E-state index contributed by atoms with van der Waals surface area (Å²) in [5.74, 6) is -0.599. The standard InChI is InChI=1S/C25H25ClFN3O3S/c1-17-7-9-20(15-18(17)2)28-34(32,33)24-16-19(8-10-21(24)26)25(31)30-13-11-29(12-14-30)23-6-4-3-5-22(23)27/h3-10,15-16,28H,11-14H2,1-2H3. The summed E-state index contributed by atoms with van der Waals surface area (Å²) in [4.78, 5) is 16.5. The van der Waals surface area contributed by atoms with E-state index in [1.54, 1.807) is 35.2 Å². The Kier molecular flexibility index (Phi) is 6.81. The maximum atomic E-state index is 14.1. The van der Waals surface area contributed by atoms with Crippen molar-refractivity contribution in [3.8, 4) is 0 Å². The number of aryl methyl sites for hydroxylation is 2. The van der Waals surface area contributed by atoms with Crippen molar-refractivity contribution in [1.82, 2.24) is 4.90 Å². The summed E-state index contributed by atoms with van der Waals surface area (Å²) in [7, 11) is -4.01. The van der Waals surface area contributed by atoms with Gasteiger partial charge in [0.15, 0.2) is 0 Å². The average molecular weight is 502 g/mol. The van der Waals surface area contributed by atoms with Gasteiger partial charge in [-0.3, -0.25) is 9.52 Å². The number of nitrogens with one attached hydrogen (secondary N) is 1. The fourth-order valence-corrected chi connectivity index (χ4v) is 5.47. The first-order valence-electron chi connectivity index (χ1n) is 10.8. The number of rotatable bonds is 5. The molecular weight excluding hydrogens is 477 g/mol. The van der Waals surface area contributed by atoms with Crippen molar-refractivity contribution in [2.45, 2.75) is 18.7 Å². The van der Waals surface area contributed by atoms with E-state index in [1.165, 1.54) is 24.3 Å². The van der Waals surface area contributed by atoms with Gasteiger partial charge in [-0.15, -0.1) is 0 Å². The zero-order chi connectivity index (χ0) is 24.5. The summed E-state index contributed by atoms with van der Waals surface area (Å²) in [6, 6.07) is 16.0. The van der Waals surface area contributed by atoms with E-state index < -0.39 is 10.0 Å². The van der Waals surface area contributed by atoms with Crippen molar-refractivity contribution in [2.24, 2.45) is 0 Å². The molecule has 1 aliphatic rings. The molecule has 1 heterocycles. The van der Waals surface area contributed by atoms with Gasteiger partial charge < -0.3 is 9.80 Å². The molecule has 3 aromatic rings. The smallest absolute Gasteiger partial charge is 0.263 e. The fraction of sp³-hybridized carbons (Fsp3) is 0.240. The fourth-order valence-electron chi connectivity index (χ4n) is 3.90. The zero-order valence-electron chi connectivity index (χ0n) is 18.9. The molecule has 1 saturated heterocycles. The van der Waals surface area contributed by atoms with E-state index in [9.17, 15) is 17.6 Å². The lowest BCUT2D eigenvalue weighted by Gasteiger charge is -2.36. The lowest BCUT2D eigenvalue weighted by Crippen LogP contribution is -2.49. The van der Waals surface area contributed by atoms with E-state index in [0.29, 0.717) is 37.6 Å². The second-order valence-corrected chi connectivity index (χ2v) is 10.3. The van der Waals surface area contributed by atoms with Crippen LogP contribution in [0.3, 0.4) is 0 Å². The Morgan fingerprint density at radius 2 is 1.65 bits per heavy atom. The molecule has 1 fully saturated rings. The minimum Gasteiger partial charge on any atom is -0.366 e. The van der Waals surface area contributed by atoms with Crippen LogP contribution in [0, 0.1) is 19.7 Å². The molecule has 0 atom stereocenters. The van der Waals surface area contributed by atoms with Crippen molar-refractivity contribution >= 4 is 38.9 Å². The highest BCUT2D eigenvalue weighted by Gasteiger charge is 2.26. The van der Waals surface area contributed by atoms with Gasteiger partial charge >= 0.3 is 0 Å². The molecule has 0 saturated carbocycles. The molecular formula is C25H25ClFN3O3S. The Hall–Kier alpha value is -3.10.